The fourth-order valence-electron chi connectivity index (χ4n) is 3.40. The highest BCUT2D eigenvalue weighted by Gasteiger charge is 2.21. The van der Waals surface area contributed by atoms with E-state index in [2.05, 4.69) is 36.9 Å². The normalized spacial score (nSPS) is 26.5. The molecule has 0 saturated carbocycles. The molecule has 3 heteroatoms. The first kappa shape index (κ1) is 13.9. The summed E-state index contributed by atoms with van der Waals surface area (Å²) < 4.78 is 11.7. The smallest absolute Gasteiger partial charge is 0.119 e. The highest BCUT2D eigenvalue weighted by atomic mass is 16.5. The molecule has 20 heavy (non-hydrogen) atoms. The maximum absolute atomic E-state index is 5.92. The van der Waals surface area contributed by atoms with Gasteiger partial charge in [0.2, 0.25) is 0 Å². The average Bonchev–Trinajstić information content (AvgIpc) is 2.85. The molecule has 0 bridgehead atoms. The molecule has 0 amide bonds. The topological polar surface area (TPSA) is 21.7 Å². The zero-order valence-corrected chi connectivity index (χ0v) is 12.6. The van der Waals surface area contributed by atoms with Crippen molar-refractivity contribution in [1.82, 2.24) is 4.90 Å². The molecule has 1 fully saturated rings. The molecule has 1 aliphatic heterocycles. The number of aryl methyl sites for hydroxylation is 2. The summed E-state index contributed by atoms with van der Waals surface area (Å²) in [6, 6.07) is 6.58. The number of rotatable bonds is 4. The number of hydrogen-bond donors (Lipinski definition) is 0. The Bertz CT molecular complexity index is 450. The van der Waals surface area contributed by atoms with Gasteiger partial charge in [-0.2, -0.15) is 0 Å². The monoisotopic (exact) mass is 275 g/mol. The summed E-state index contributed by atoms with van der Waals surface area (Å²) in [5, 5.41) is 0. The molecule has 110 valence electrons. The molecule has 1 saturated heterocycles. The van der Waals surface area contributed by atoms with Crippen LogP contribution in [0, 0.1) is 0 Å². The Morgan fingerprint density at radius 2 is 1.90 bits per heavy atom. The summed E-state index contributed by atoms with van der Waals surface area (Å²) >= 11 is 0. The first-order chi connectivity index (χ1) is 9.70. The second kappa shape index (κ2) is 6.15. The Hall–Kier alpha value is -1.06. The molecule has 0 N–H and O–H groups in total. The lowest BCUT2D eigenvalue weighted by atomic mass is 10.1. The van der Waals surface area contributed by atoms with E-state index in [1.807, 2.05) is 0 Å². The fourth-order valence-corrected chi connectivity index (χ4v) is 3.40. The Morgan fingerprint density at radius 1 is 1.15 bits per heavy atom. The van der Waals surface area contributed by atoms with Gasteiger partial charge in [-0.05, 0) is 56.4 Å². The third-order valence-electron chi connectivity index (χ3n) is 4.24. The van der Waals surface area contributed by atoms with Gasteiger partial charge in [-0.25, -0.2) is 0 Å². The standard InChI is InChI=1S/C17H25NO2/c1-13-11-18(12-14(2)20-13)8-9-19-17-7-6-15-4-3-5-16(15)10-17/h6-7,10,13-14H,3-5,8-9,11-12H2,1-2H3/t13-,14-/m1/s1. The van der Waals surface area contributed by atoms with E-state index in [9.17, 15) is 0 Å². The van der Waals surface area contributed by atoms with Crippen molar-refractivity contribution in [2.45, 2.75) is 45.3 Å². The molecular weight excluding hydrogens is 250 g/mol. The molecular formula is C17H25NO2. The molecule has 3 rings (SSSR count). The number of hydrogen-bond acceptors (Lipinski definition) is 3. The van der Waals surface area contributed by atoms with Crippen molar-refractivity contribution in [2.75, 3.05) is 26.2 Å². The molecule has 0 unspecified atom stereocenters. The lowest BCUT2D eigenvalue weighted by Gasteiger charge is -2.35. The average molecular weight is 275 g/mol. The molecule has 2 atom stereocenters. The molecule has 0 spiro atoms. The van der Waals surface area contributed by atoms with Gasteiger partial charge < -0.3 is 9.47 Å². The van der Waals surface area contributed by atoms with Crippen LogP contribution in [-0.2, 0) is 17.6 Å². The van der Waals surface area contributed by atoms with Crippen LogP contribution in [-0.4, -0.2) is 43.3 Å². The van der Waals surface area contributed by atoms with Crippen LogP contribution in [0.15, 0.2) is 18.2 Å². The van der Waals surface area contributed by atoms with Crippen LogP contribution in [0.5, 0.6) is 5.75 Å². The van der Waals surface area contributed by atoms with E-state index in [0.29, 0.717) is 12.2 Å². The van der Waals surface area contributed by atoms with Crippen molar-refractivity contribution in [1.29, 1.82) is 0 Å². The van der Waals surface area contributed by atoms with E-state index in [1.54, 1.807) is 0 Å². The Labute approximate surface area is 121 Å². The first-order valence-corrected chi connectivity index (χ1v) is 7.83. The van der Waals surface area contributed by atoms with Gasteiger partial charge in [0.15, 0.2) is 0 Å². The maximum atomic E-state index is 5.92. The summed E-state index contributed by atoms with van der Waals surface area (Å²) in [5.74, 6) is 1.03. The predicted octanol–water partition coefficient (Wildman–Crippen LogP) is 2.66. The second-order valence-electron chi connectivity index (χ2n) is 6.15. The lowest BCUT2D eigenvalue weighted by molar-refractivity contribution is -0.0699. The highest BCUT2D eigenvalue weighted by Crippen LogP contribution is 2.26. The van der Waals surface area contributed by atoms with Crippen molar-refractivity contribution in [3.8, 4) is 5.75 Å². The van der Waals surface area contributed by atoms with Crippen LogP contribution >= 0.6 is 0 Å². The molecule has 0 radical (unpaired) electrons. The van der Waals surface area contributed by atoms with Gasteiger partial charge in [0.05, 0.1) is 12.2 Å². The minimum Gasteiger partial charge on any atom is -0.492 e. The van der Waals surface area contributed by atoms with Gasteiger partial charge in [0.25, 0.3) is 0 Å². The fraction of sp³-hybridized carbons (Fsp3) is 0.647. The number of morpholine rings is 1. The largest absolute Gasteiger partial charge is 0.492 e. The predicted molar refractivity (Wildman–Crippen MR) is 80.4 cm³/mol. The molecule has 0 aromatic heterocycles. The second-order valence-corrected chi connectivity index (χ2v) is 6.15. The molecule has 1 aromatic carbocycles. The van der Waals surface area contributed by atoms with Gasteiger partial charge in [-0.15, -0.1) is 0 Å². The third kappa shape index (κ3) is 3.33. The van der Waals surface area contributed by atoms with Crippen LogP contribution in [0.1, 0.15) is 31.4 Å². The summed E-state index contributed by atoms with van der Waals surface area (Å²) in [6.45, 7) is 8.05. The van der Waals surface area contributed by atoms with Gasteiger partial charge in [0, 0.05) is 19.6 Å². The summed E-state index contributed by atoms with van der Waals surface area (Å²) in [7, 11) is 0. The van der Waals surface area contributed by atoms with E-state index >= 15 is 0 Å². The van der Waals surface area contributed by atoms with E-state index in [1.165, 1.54) is 30.4 Å². The van der Waals surface area contributed by atoms with Crippen molar-refractivity contribution in [2.24, 2.45) is 0 Å². The van der Waals surface area contributed by atoms with E-state index < -0.39 is 0 Å². The summed E-state index contributed by atoms with van der Waals surface area (Å²) in [6.07, 6.45) is 4.41. The van der Waals surface area contributed by atoms with Crippen LogP contribution in [0.4, 0.5) is 0 Å². The zero-order chi connectivity index (χ0) is 13.9. The van der Waals surface area contributed by atoms with Crippen molar-refractivity contribution in [3.63, 3.8) is 0 Å². The molecule has 1 heterocycles. The number of benzene rings is 1. The SMILES string of the molecule is C[C@@H]1CN(CCOc2ccc3c(c2)CCC3)C[C@@H](C)O1. The Balaban J connectivity index is 1.48. The number of nitrogens with zero attached hydrogens (tertiary/aromatic N) is 1. The Morgan fingerprint density at radius 3 is 2.70 bits per heavy atom. The van der Waals surface area contributed by atoms with Gasteiger partial charge >= 0.3 is 0 Å². The van der Waals surface area contributed by atoms with Crippen LogP contribution in [0.3, 0.4) is 0 Å². The Kier molecular flexibility index (Phi) is 4.27. The summed E-state index contributed by atoms with van der Waals surface area (Å²) in [5.41, 5.74) is 2.99. The van der Waals surface area contributed by atoms with E-state index in [0.717, 1.165) is 32.0 Å². The van der Waals surface area contributed by atoms with Crippen LogP contribution in [0.25, 0.3) is 0 Å². The van der Waals surface area contributed by atoms with Gasteiger partial charge in [-0.3, -0.25) is 4.90 Å². The number of ether oxygens (including phenoxy) is 2. The quantitative estimate of drug-likeness (QED) is 0.843. The maximum Gasteiger partial charge on any atom is 0.119 e. The molecule has 2 aliphatic rings. The molecule has 3 nitrogen and oxygen atoms in total. The van der Waals surface area contributed by atoms with Crippen molar-refractivity contribution < 1.29 is 9.47 Å². The summed E-state index contributed by atoms with van der Waals surface area (Å²) in [4.78, 5) is 2.44. The van der Waals surface area contributed by atoms with E-state index in [4.69, 9.17) is 9.47 Å². The highest BCUT2D eigenvalue weighted by molar-refractivity contribution is 5.38. The molecule has 1 aromatic rings. The van der Waals surface area contributed by atoms with Crippen LogP contribution < -0.4 is 4.74 Å². The minimum absolute atomic E-state index is 0.332. The van der Waals surface area contributed by atoms with Gasteiger partial charge in [0.1, 0.15) is 12.4 Å². The van der Waals surface area contributed by atoms with Crippen molar-refractivity contribution in [3.05, 3.63) is 29.3 Å². The van der Waals surface area contributed by atoms with Gasteiger partial charge in [-0.1, -0.05) is 6.07 Å². The lowest BCUT2D eigenvalue weighted by Crippen LogP contribution is -2.46. The third-order valence-corrected chi connectivity index (χ3v) is 4.24. The minimum atomic E-state index is 0.332. The van der Waals surface area contributed by atoms with Crippen molar-refractivity contribution >= 4 is 0 Å². The molecule has 1 aliphatic carbocycles. The first-order valence-electron chi connectivity index (χ1n) is 7.83. The van der Waals surface area contributed by atoms with E-state index in [-0.39, 0.29) is 0 Å². The zero-order valence-electron chi connectivity index (χ0n) is 12.6. The number of fused-ring (bicyclic) bond motifs is 1. The van der Waals surface area contributed by atoms with Crippen LogP contribution in [0.2, 0.25) is 0 Å².